The number of pyridine rings is 1. The first-order chi connectivity index (χ1) is 14.5. The van der Waals surface area contributed by atoms with E-state index >= 15 is 0 Å². The van der Waals surface area contributed by atoms with Crippen LogP contribution in [0.2, 0.25) is 0 Å². The second-order valence-corrected chi connectivity index (χ2v) is 7.03. The summed E-state index contributed by atoms with van der Waals surface area (Å²) in [6.07, 6.45) is 1.51. The molecule has 2 amide bonds. The smallest absolute Gasteiger partial charge is 0.261 e. The molecule has 0 saturated carbocycles. The van der Waals surface area contributed by atoms with E-state index in [0.717, 1.165) is 0 Å². The zero-order valence-corrected chi connectivity index (χ0v) is 16.4. The lowest BCUT2D eigenvalue weighted by Gasteiger charge is -2.34. The van der Waals surface area contributed by atoms with Gasteiger partial charge in [0.05, 0.1) is 18.5 Å². The van der Waals surface area contributed by atoms with Gasteiger partial charge in [-0.15, -0.1) is 0 Å². The minimum absolute atomic E-state index is 0.0814. The van der Waals surface area contributed by atoms with Gasteiger partial charge in [0.2, 0.25) is 5.91 Å². The van der Waals surface area contributed by atoms with Crippen molar-refractivity contribution in [3.8, 4) is 11.5 Å². The Morgan fingerprint density at radius 3 is 2.63 bits per heavy atom. The Labute approximate surface area is 171 Å². The molecule has 156 valence electrons. The quantitative estimate of drug-likeness (QED) is 0.649. The first-order valence-corrected chi connectivity index (χ1v) is 9.51. The fraction of sp³-hybridized carbons (Fsp3) is 0.300. The maximum Gasteiger partial charge on any atom is 0.261 e. The number of anilines is 1. The van der Waals surface area contributed by atoms with Crippen LogP contribution in [0, 0.1) is 6.92 Å². The van der Waals surface area contributed by atoms with Gasteiger partial charge in [0.25, 0.3) is 11.5 Å². The molecule has 1 aliphatic rings. The van der Waals surface area contributed by atoms with E-state index in [2.05, 4.69) is 15.5 Å². The second-order valence-electron chi connectivity index (χ2n) is 7.03. The van der Waals surface area contributed by atoms with Gasteiger partial charge in [-0.25, -0.2) is 0 Å². The molecule has 30 heavy (non-hydrogen) atoms. The predicted molar refractivity (Wildman–Crippen MR) is 107 cm³/mol. The van der Waals surface area contributed by atoms with Crippen LogP contribution in [-0.2, 0) is 4.79 Å². The molecule has 10 heteroatoms. The summed E-state index contributed by atoms with van der Waals surface area (Å²) < 4.78 is 10.2. The fourth-order valence-corrected chi connectivity index (χ4v) is 3.31. The summed E-state index contributed by atoms with van der Waals surface area (Å²) in [5.74, 6) is 0.990. The van der Waals surface area contributed by atoms with Gasteiger partial charge in [-0.3, -0.25) is 19.3 Å². The van der Waals surface area contributed by atoms with E-state index in [1.54, 1.807) is 36.1 Å². The first kappa shape index (κ1) is 19.6. The van der Waals surface area contributed by atoms with Crippen molar-refractivity contribution in [3.05, 3.63) is 58.3 Å². The first-order valence-electron chi connectivity index (χ1n) is 9.51. The molecule has 3 aromatic rings. The molecule has 0 bridgehead atoms. The van der Waals surface area contributed by atoms with E-state index in [1.165, 1.54) is 12.3 Å². The van der Waals surface area contributed by atoms with Crippen LogP contribution in [-0.4, -0.2) is 64.5 Å². The maximum absolute atomic E-state index is 12.8. The van der Waals surface area contributed by atoms with Crippen LogP contribution in [0.25, 0.3) is 11.5 Å². The molecule has 1 aliphatic heterocycles. The average molecular weight is 411 g/mol. The number of piperazine rings is 1. The number of H-pyrrole nitrogens is 1. The van der Waals surface area contributed by atoms with Crippen molar-refractivity contribution in [2.24, 2.45) is 0 Å². The number of aromatic amines is 1. The number of furan rings is 1. The molecule has 0 aliphatic carbocycles. The maximum atomic E-state index is 12.8. The molecule has 3 aromatic heterocycles. The zero-order chi connectivity index (χ0) is 21.1. The number of aromatic nitrogens is 2. The van der Waals surface area contributed by atoms with Crippen molar-refractivity contribution in [2.75, 3.05) is 38.0 Å². The van der Waals surface area contributed by atoms with E-state index < -0.39 is 5.56 Å². The number of amides is 2. The van der Waals surface area contributed by atoms with Crippen molar-refractivity contribution in [3.63, 3.8) is 0 Å². The van der Waals surface area contributed by atoms with Crippen molar-refractivity contribution < 1.29 is 18.5 Å². The number of nitrogens with zero attached hydrogens (tertiary/aromatic N) is 3. The van der Waals surface area contributed by atoms with Crippen molar-refractivity contribution in [2.45, 2.75) is 6.92 Å². The summed E-state index contributed by atoms with van der Waals surface area (Å²) in [5.41, 5.74) is 0.135. The summed E-state index contributed by atoms with van der Waals surface area (Å²) >= 11 is 0. The number of carbonyl (C=O) groups excluding carboxylic acids is 2. The van der Waals surface area contributed by atoms with Crippen molar-refractivity contribution >= 4 is 17.6 Å². The van der Waals surface area contributed by atoms with Gasteiger partial charge in [-0.05, 0) is 31.2 Å². The highest BCUT2D eigenvalue weighted by atomic mass is 16.5. The molecule has 0 atom stereocenters. The Kier molecular flexibility index (Phi) is 5.48. The summed E-state index contributed by atoms with van der Waals surface area (Å²) in [4.78, 5) is 43.5. The van der Waals surface area contributed by atoms with Crippen LogP contribution in [0.15, 0.2) is 50.3 Å². The van der Waals surface area contributed by atoms with Crippen LogP contribution in [0.3, 0.4) is 0 Å². The molecule has 4 rings (SSSR count). The third-order valence-corrected chi connectivity index (χ3v) is 4.85. The van der Waals surface area contributed by atoms with Gasteiger partial charge in [0.15, 0.2) is 5.82 Å². The van der Waals surface area contributed by atoms with Crippen molar-refractivity contribution in [1.82, 2.24) is 19.9 Å². The third kappa shape index (κ3) is 4.33. The number of rotatable bonds is 5. The monoisotopic (exact) mass is 411 g/mol. The number of hydrogen-bond donors (Lipinski definition) is 2. The Morgan fingerprint density at radius 1 is 1.20 bits per heavy atom. The molecular formula is C20H21N5O5. The van der Waals surface area contributed by atoms with Gasteiger partial charge >= 0.3 is 0 Å². The largest absolute Gasteiger partial charge is 0.463 e. The van der Waals surface area contributed by atoms with E-state index in [1.807, 2.05) is 4.90 Å². The minimum Gasteiger partial charge on any atom is -0.463 e. The lowest BCUT2D eigenvalue weighted by Crippen LogP contribution is -2.51. The molecule has 0 spiro atoms. The molecule has 0 unspecified atom stereocenters. The summed E-state index contributed by atoms with van der Waals surface area (Å²) in [6, 6.07) is 8.26. The minimum atomic E-state index is -0.460. The van der Waals surface area contributed by atoms with Gasteiger partial charge in [0.1, 0.15) is 17.1 Å². The lowest BCUT2D eigenvalue weighted by atomic mass is 10.2. The molecule has 4 heterocycles. The summed E-state index contributed by atoms with van der Waals surface area (Å²) in [6.45, 7) is 3.84. The Hall–Kier alpha value is -3.66. The molecule has 1 saturated heterocycles. The SMILES string of the molecule is Cc1cc(NC(=O)CN2CCN(C(=O)c3ccc(-c4ccco4)[nH]c3=O)CC2)no1. The Bertz CT molecular complexity index is 1090. The van der Waals surface area contributed by atoms with Crippen LogP contribution in [0.4, 0.5) is 5.82 Å². The molecule has 2 N–H and O–H groups in total. The second kappa shape index (κ2) is 8.37. The van der Waals surface area contributed by atoms with Crippen molar-refractivity contribution in [1.29, 1.82) is 0 Å². The third-order valence-electron chi connectivity index (χ3n) is 4.85. The highest BCUT2D eigenvalue weighted by Crippen LogP contribution is 2.16. The Morgan fingerprint density at radius 2 is 2.00 bits per heavy atom. The standard InChI is InChI=1S/C20H21N5O5/c1-13-11-17(23-30-13)22-18(26)12-24-6-8-25(9-7-24)20(28)14-4-5-15(21-19(14)27)16-3-2-10-29-16/h2-5,10-11H,6-9,12H2,1H3,(H,21,27)(H,22,23,26). The molecule has 10 nitrogen and oxygen atoms in total. The van der Waals surface area contributed by atoms with Gasteiger partial charge in [0, 0.05) is 32.2 Å². The summed E-state index contributed by atoms with van der Waals surface area (Å²) in [5, 5.41) is 6.41. The summed E-state index contributed by atoms with van der Waals surface area (Å²) in [7, 11) is 0. The van der Waals surface area contributed by atoms with Gasteiger partial charge < -0.3 is 24.1 Å². The van der Waals surface area contributed by atoms with Crippen LogP contribution in [0.1, 0.15) is 16.1 Å². The number of hydrogen-bond acceptors (Lipinski definition) is 7. The predicted octanol–water partition coefficient (Wildman–Crippen LogP) is 1.33. The molecular weight excluding hydrogens is 390 g/mol. The lowest BCUT2D eigenvalue weighted by molar-refractivity contribution is -0.117. The van der Waals surface area contributed by atoms with Gasteiger partial charge in [-0.1, -0.05) is 5.16 Å². The van der Waals surface area contributed by atoms with Gasteiger partial charge in [-0.2, -0.15) is 0 Å². The fourth-order valence-electron chi connectivity index (χ4n) is 3.31. The van der Waals surface area contributed by atoms with Crippen LogP contribution >= 0.6 is 0 Å². The number of carbonyl (C=O) groups is 2. The van der Waals surface area contributed by atoms with E-state index in [4.69, 9.17) is 8.94 Å². The molecule has 1 fully saturated rings. The van der Waals surface area contributed by atoms with Crippen LogP contribution in [0.5, 0.6) is 0 Å². The number of aryl methyl sites for hydroxylation is 1. The van der Waals surface area contributed by atoms with E-state index in [-0.39, 0.29) is 23.9 Å². The normalized spacial score (nSPS) is 14.6. The average Bonchev–Trinajstić information content (AvgIpc) is 3.40. The molecule has 0 radical (unpaired) electrons. The highest BCUT2D eigenvalue weighted by molar-refractivity contribution is 5.94. The number of nitrogens with one attached hydrogen (secondary N) is 2. The Balaban J connectivity index is 1.32. The highest BCUT2D eigenvalue weighted by Gasteiger charge is 2.25. The van der Waals surface area contributed by atoms with Crippen LogP contribution < -0.4 is 10.9 Å². The van der Waals surface area contributed by atoms with E-state index in [9.17, 15) is 14.4 Å². The zero-order valence-electron chi connectivity index (χ0n) is 16.4. The van der Waals surface area contributed by atoms with E-state index in [0.29, 0.717) is 49.2 Å². The topological polar surface area (TPSA) is 125 Å². The molecule has 0 aromatic carbocycles.